The number of hydrogen-bond acceptors (Lipinski definition) is 7. The third-order valence-corrected chi connectivity index (χ3v) is 7.68. The summed E-state index contributed by atoms with van der Waals surface area (Å²) in [4.78, 5) is 31.1. The molecule has 1 aromatic carbocycles. The lowest BCUT2D eigenvalue weighted by atomic mass is 10.2. The number of likely N-dealkylation sites (tertiary alicyclic amines) is 1. The number of carbonyl (C=O) groups excluding carboxylic acids is 2. The molecular weight excluding hydrogens is 434 g/mol. The summed E-state index contributed by atoms with van der Waals surface area (Å²) >= 11 is 0. The Labute approximate surface area is 190 Å². The molecule has 2 aliphatic heterocycles. The highest BCUT2D eigenvalue weighted by molar-refractivity contribution is 7.89. The highest BCUT2D eigenvalue weighted by Gasteiger charge is 2.25. The van der Waals surface area contributed by atoms with Gasteiger partial charge in [0.25, 0.3) is 0 Å². The van der Waals surface area contributed by atoms with Crippen molar-refractivity contribution in [3.63, 3.8) is 0 Å². The minimum Gasteiger partial charge on any atom is -0.495 e. The highest BCUT2D eigenvalue weighted by atomic mass is 32.2. The van der Waals surface area contributed by atoms with Crippen molar-refractivity contribution >= 4 is 27.5 Å². The number of nitrogens with one attached hydrogen (secondary N) is 1. The molecule has 1 N–H and O–H groups in total. The molecule has 0 saturated carbocycles. The smallest absolute Gasteiger partial charge is 0.242 e. The summed E-state index contributed by atoms with van der Waals surface area (Å²) in [5, 5.41) is 2.78. The van der Waals surface area contributed by atoms with Crippen LogP contribution in [0.5, 0.6) is 5.75 Å². The van der Waals surface area contributed by atoms with Gasteiger partial charge in [-0.3, -0.25) is 19.4 Å². The molecule has 11 heteroatoms. The third kappa shape index (κ3) is 5.97. The summed E-state index contributed by atoms with van der Waals surface area (Å²) in [7, 11) is 0.745. The SMILES string of the molecule is COc1ccc(S(=O)(=O)N(C)C)cc1NC(=O)CN1CCN(CC(=O)N2CCCC2)CC1. The fraction of sp³-hybridized carbons (Fsp3) is 0.619. The van der Waals surface area contributed by atoms with Gasteiger partial charge in [-0.15, -0.1) is 0 Å². The van der Waals surface area contributed by atoms with Crippen LogP contribution in [0, 0.1) is 0 Å². The molecular formula is C21H33N5O5S. The van der Waals surface area contributed by atoms with Crippen LogP contribution in [0.2, 0.25) is 0 Å². The Balaban J connectivity index is 1.53. The van der Waals surface area contributed by atoms with Crippen molar-refractivity contribution in [1.82, 2.24) is 19.0 Å². The molecule has 0 radical (unpaired) electrons. The van der Waals surface area contributed by atoms with Crippen LogP contribution in [0.3, 0.4) is 0 Å². The lowest BCUT2D eigenvalue weighted by Gasteiger charge is -2.34. The van der Waals surface area contributed by atoms with Crippen molar-refractivity contribution in [2.24, 2.45) is 0 Å². The number of anilines is 1. The molecule has 0 spiro atoms. The van der Waals surface area contributed by atoms with E-state index in [9.17, 15) is 18.0 Å². The average molecular weight is 468 g/mol. The summed E-state index contributed by atoms with van der Waals surface area (Å²) in [5.74, 6) is 0.332. The number of rotatable bonds is 8. The molecule has 0 unspecified atom stereocenters. The molecule has 2 heterocycles. The van der Waals surface area contributed by atoms with Crippen molar-refractivity contribution in [2.45, 2.75) is 17.7 Å². The van der Waals surface area contributed by atoms with E-state index in [1.807, 2.05) is 9.80 Å². The lowest BCUT2D eigenvalue weighted by Crippen LogP contribution is -2.51. The molecule has 1 aromatic rings. The summed E-state index contributed by atoms with van der Waals surface area (Å²) in [5.41, 5.74) is 0.315. The first-order chi connectivity index (χ1) is 15.2. The minimum absolute atomic E-state index is 0.0786. The van der Waals surface area contributed by atoms with E-state index < -0.39 is 10.0 Å². The summed E-state index contributed by atoms with van der Waals surface area (Å²) < 4.78 is 31.2. The number of nitrogens with zero attached hydrogens (tertiary/aromatic N) is 4. The van der Waals surface area contributed by atoms with Gasteiger partial charge in [-0.2, -0.15) is 0 Å². The van der Waals surface area contributed by atoms with Gasteiger partial charge in [0.2, 0.25) is 21.8 Å². The molecule has 10 nitrogen and oxygen atoms in total. The molecule has 2 amide bonds. The molecule has 0 bridgehead atoms. The number of piperazine rings is 1. The standard InChI is InChI=1S/C21H33N5O5S/c1-23(2)32(29,30)17-6-7-19(31-3)18(14-17)22-20(27)15-24-10-12-25(13-11-24)16-21(28)26-8-4-5-9-26/h6-7,14H,4-5,8-13,15-16H2,1-3H3,(H,22,27). The van der Waals surface area contributed by atoms with Gasteiger partial charge in [0.1, 0.15) is 5.75 Å². The van der Waals surface area contributed by atoms with Gasteiger partial charge in [0.05, 0.1) is 30.8 Å². The maximum atomic E-state index is 12.6. The number of benzene rings is 1. The van der Waals surface area contributed by atoms with Crippen LogP contribution in [0.15, 0.2) is 23.1 Å². The molecule has 2 saturated heterocycles. The van der Waals surface area contributed by atoms with Crippen molar-refractivity contribution in [3.8, 4) is 5.75 Å². The molecule has 0 atom stereocenters. The molecule has 0 aromatic heterocycles. The number of carbonyl (C=O) groups is 2. The predicted molar refractivity (Wildman–Crippen MR) is 121 cm³/mol. The first-order valence-corrected chi connectivity index (χ1v) is 12.3. The van der Waals surface area contributed by atoms with E-state index in [-0.39, 0.29) is 23.3 Å². The van der Waals surface area contributed by atoms with E-state index in [4.69, 9.17) is 4.74 Å². The Morgan fingerprint density at radius 2 is 1.59 bits per heavy atom. The normalized spacial score (nSPS) is 18.2. The van der Waals surface area contributed by atoms with Crippen molar-refractivity contribution in [2.75, 3.05) is 78.9 Å². The highest BCUT2D eigenvalue weighted by Crippen LogP contribution is 2.28. The number of amides is 2. The summed E-state index contributed by atoms with van der Waals surface area (Å²) in [6.45, 7) is 5.17. The van der Waals surface area contributed by atoms with E-state index in [1.165, 1.54) is 39.4 Å². The zero-order valence-corrected chi connectivity index (χ0v) is 19.9. The third-order valence-electron chi connectivity index (χ3n) is 5.87. The lowest BCUT2D eigenvalue weighted by molar-refractivity contribution is -0.132. The van der Waals surface area contributed by atoms with E-state index in [0.717, 1.165) is 43.3 Å². The van der Waals surface area contributed by atoms with Gasteiger partial charge in [-0.1, -0.05) is 0 Å². The Morgan fingerprint density at radius 1 is 1.00 bits per heavy atom. The molecule has 3 rings (SSSR count). The fourth-order valence-electron chi connectivity index (χ4n) is 3.91. The van der Waals surface area contributed by atoms with Crippen LogP contribution in [0.1, 0.15) is 12.8 Å². The van der Waals surface area contributed by atoms with Gasteiger partial charge >= 0.3 is 0 Å². The Kier molecular flexibility index (Phi) is 8.10. The average Bonchev–Trinajstić information content (AvgIpc) is 3.30. The van der Waals surface area contributed by atoms with Crippen molar-refractivity contribution in [3.05, 3.63) is 18.2 Å². The second kappa shape index (κ2) is 10.6. The zero-order valence-electron chi connectivity index (χ0n) is 19.0. The largest absolute Gasteiger partial charge is 0.495 e. The maximum absolute atomic E-state index is 12.6. The first-order valence-electron chi connectivity index (χ1n) is 10.8. The summed E-state index contributed by atoms with van der Waals surface area (Å²) in [6.07, 6.45) is 2.17. The van der Waals surface area contributed by atoms with Gasteiger partial charge in [-0.25, -0.2) is 12.7 Å². The Bertz CT molecular complexity index is 923. The Morgan fingerprint density at radius 3 is 2.16 bits per heavy atom. The topological polar surface area (TPSA) is 102 Å². The zero-order chi connectivity index (χ0) is 23.3. The molecule has 2 fully saturated rings. The molecule has 2 aliphatic rings. The number of sulfonamides is 1. The fourth-order valence-corrected chi connectivity index (χ4v) is 4.84. The number of methoxy groups -OCH3 is 1. The van der Waals surface area contributed by atoms with Gasteiger partial charge < -0.3 is 15.0 Å². The molecule has 178 valence electrons. The maximum Gasteiger partial charge on any atom is 0.242 e. The molecule has 32 heavy (non-hydrogen) atoms. The Hall–Kier alpha value is -2.21. The van der Waals surface area contributed by atoms with Crippen LogP contribution in [-0.4, -0.2) is 113 Å². The van der Waals surface area contributed by atoms with Crippen LogP contribution in [0.25, 0.3) is 0 Å². The van der Waals surface area contributed by atoms with Gasteiger partial charge in [0, 0.05) is 53.4 Å². The number of hydrogen-bond donors (Lipinski definition) is 1. The molecule has 0 aliphatic carbocycles. The number of ether oxygens (including phenoxy) is 1. The monoisotopic (exact) mass is 467 g/mol. The van der Waals surface area contributed by atoms with Crippen LogP contribution < -0.4 is 10.1 Å². The van der Waals surface area contributed by atoms with E-state index >= 15 is 0 Å². The van der Waals surface area contributed by atoms with Crippen LogP contribution in [0.4, 0.5) is 5.69 Å². The van der Waals surface area contributed by atoms with Crippen molar-refractivity contribution < 1.29 is 22.7 Å². The van der Waals surface area contributed by atoms with Crippen LogP contribution >= 0.6 is 0 Å². The van der Waals surface area contributed by atoms with E-state index in [0.29, 0.717) is 31.1 Å². The van der Waals surface area contributed by atoms with Gasteiger partial charge in [0.15, 0.2) is 0 Å². The second-order valence-corrected chi connectivity index (χ2v) is 10.5. The predicted octanol–water partition coefficient (Wildman–Crippen LogP) is 0.124. The first kappa shape index (κ1) is 24.4. The second-order valence-electron chi connectivity index (χ2n) is 8.34. The summed E-state index contributed by atoms with van der Waals surface area (Å²) in [6, 6.07) is 4.39. The van der Waals surface area contributed by atoms with Crippen LogP contribution in [-0.2, 0) is 19.6 Å². The minimum atomic E-state index is -3.63. The van der Waals surface area contributed by atoms with E-state index in [1.54, 1.807) is 0 Å². The van der Waals surface area contributed by atoms with Crippen molar-refractivity contribution in [1.29, 1.82) is 0 Å². The van der Waals surface area contributed by atoms with E-state index in [2.05, 4.69) is 10.2 Å². The quantitative estimate of drug-likeness (QED) is 0.580. The van der Waals surface area contributed by atoms with Gasteiger partial charge in [-0.05, 0) is 31.0 Å².